The van der Waals surface area contributed by atoms with Crippen molar-refractivity contribution in [2.45, 2.75) is 25.7 Å². The predicted octanol–water partition coefficient (Wildman–Crippen LogP) is 0.350. The van der Waals surface area contributed by atoms with Crippen LogP contribution in [-0.4, -0.2) is 60.4 Å². The number of rotatable bonds is 4. The molecule has 0 saturated carbocycles. The second-order valence-electron chi connectivity index (χ2n) is 5.45. The molecule has 110 valence electrons. The van der Waals surface area contributed by atoms with Gasteiger partial charge in [0.25, 0.3) is 5.91 Å². The van der Waals surface area contributed by atoms with E-state index in [1.54, 1.807) is 0 Å². The Morgan fingerprint density at radius 1 is 1.30 bits per heavy atom. The highest BCUT2D eigenvalue weighted by atomic mass is 16.5. The maximum atomic E-state index is 12.2. The topological polar surface area (TPSA) is 70.2 Å². The second-order valence-corrected chi connectivity index (χ2v) is 5.45. The highest BCUT2D eigenvalue weighted by Gasteiger charge is 2.21. The van der Waals surface area contributed by atoms with Crippen molar-refractivity contribution in [3.8, 4) is 0 Å². The zero-order chi connectivity index (χ0) is 13.8. The van der Waals surface area contributed by atoms with Gasteiger partial charge in [0.2, 0.25) is 0 Å². The number of nitrogens with one attached hydrogen (secondary N) is 2. The molecule has 0 unspecified atom stereocenters. The number of nitrogens with zero attached hydrogens (tertiary/aromatic N) is 2. The summed E-state index contributed by atoms with van der Waals surface area (Å²) in [5, 5.41) is 10.2. The third-order valence-corrected chi connectivity index (χ3v) is 4.09. The summed E-state index contributed by atoms with van der Waals surface area (Å²) in [5.41, 5.74) is 2.87. The summed E-state index contributed by atoms with van der Waals surface area (Å²) < 4.78 is 5.31. The fourth-order valence-electron chi connectivity index (χ4n) is 2.90. The van der Waals surface area contributed by atoms with E-state index in [0.29, 0.717) is 12.2 Å². The lowest BCUT2D eigenvalue weighted by atomic mass is 9.96. The van der Waals surface area contributed by atoms with E-state index in [1.165, 1.54) is 6.42 Å². The Bertz CT molecular complexity index is 466. The smallest absolute Gasteiger partial charge is 0.272 e. The maximum Gasteiger partial charge on any atom is 0.272 e. The number of amides is 1. The molecule has 2 aliphatic rings. The van der Waals surface area contributed by atoms with Gasteiger partial charge in [-0.1, -0.05) is 0 Å². The summed E-state index contributed by atoms with van der Waals surface area (Å²) in [4.78, 5) is 14.5. The van der Waals surface area contributed by atoms with Crippen LogP contribution in [0.3, 0.4) is 0 Å². The van der Waals surface area contributed by atoms with Crippen molar-refractivity contribution in [1.82, 2.24) is 20.4 Å². The Labute approximate surface area is 118 Å². The van der Waals surface area contributed by atoms with Crippen molar-refractivity contribution in [2.75, 3.05) is 39.4 Å². The number of ether oxygens (including phenoxy) is 1. The summed E-state index contributed by atoms with van der Waals surface area (Å²) in [5.74, 6) is -0.0438. The van der Waals surface area contributed by atoms with Crippen LogP contribution < -0.4 is 5.32 Å². The SMILES string of the molecule is O=C(NCCN1CCOCC1)c1n[nH]c2c1CCCC2. The van der Waals surface area contributed by atoms with Crippen LogP contribution in [0, 0.1) is 0 Å². The Morgan fingerprint density at radius 2 is 2.10 bits per heavy atom. The molecule has 1 aromatic rings. The molecule has 6 heteroatoms. The molecule has 6 nitrogen and oxygen atoms in total. The van der Waals surface area contributed by atoms with Gasteiger partial charge in [0, 0.05) is 37.4 Å². The van der Waals surface area contributed by atoms with Gasteiger partial charge < -0.3 is 10.1 Å². The Balaban J connectivity index is 1.50. The van der Waals surface area contributed by atoms with Crippen LogP contribution in [0.4, 0.5) is 0 Å². The number of aromatic nitrogens is 2. The van der Waals surface area contributed by atoms with Gasteiger partial charge in [0.1, 0.15) is 0 Å². The highest BCUT2D eigenvalue weighted by Crippen LogP contribution is 2.21. The largest absolute Gasteiger partial charge is 0.379 e. The number of carbonyl (C=O) groups excluding carboxylic acids is 1. The van der Waals surface area contributed by atoms with Gasteiger partial charge in [-0.25, -0.2) is 0 Å². The van der Waals surface area contributed by atoms with Gasteiger partial charge in [0.15, 0.2) is 5.69 Å². The number of hydrogen-bond donors (Lipinski definition) is 2. The summed E-state index contributed by atoms with van der Waals surface area (Å²) in [6.07, 6.45) is 4.33. The zero-order valence-corrected chi connectivity index (χ0v) is 11.8. The lowest BCUT2D eigenvalue weighted by molar-refractivity contribution is 0.0383. The van der Waals surface area contributed by atoms with Crippen LogP contribution in [0.5, 0.6) is 0 Å². The fourth-order valence-corrected chi connectivity index (χ4v) is 2.90. The molecule has 1 amide bonds. The normalized spacial score (nSPS) is 19.6. The minimum Gasteiger partial charge on any atom is -0.379 e. The molecule has 1 aliphatic carbocycles. The maximum absolute atomic E-state index is 12.2. The van der Waals surface area contributed by atoms with E-state index in [0.717, 1.165) is 63.4 Å². The minimum absolute atomic E-state index is 0.0438. The lowest BCUT2D eigenvalue weighted by Crippen LogP contribution is -2.41. The van der Waals surface area contributed by atoms with E-state index in [1.807, 2.05) is 0 Å². The first-order valence-electron chi connectivity index (χ1n) is 7.49. The average Bonchev–Trinajstić information content (AvgIpc) is 2.92. The van der Waals surface area contributed by atoms with Gasteiger partial charge in [-0.05, 0) is 25.7 Å². The van der Waals surface area contributed by atoms with Crippen LogP contribution in [0.15, 0.2) is 0 Å². The first-order valence-corrected chi connectivity index (χ1v) is 7.49. The van der Waals surface area contributed by atoms with Crippen LogP contribution >= 0.6 is 0 Å². The van der Waals surface area contributed by atoms with E-state index in [4.69, 9.17) is 4.74 Å². The summed E-state index contributed by atoms with van der Waals surface area (Å²) >= 11 is 0. The van der Waals surface area contributed by atoms with Crippen LogP contribution in [0.25, 0.3) is 0 Å². The van der Waals surface area contributed by atoms with Gasteiger partial charge in [0.05, 0.1) is 13.2 Å². The summed E-state index contributed by atoms with van der Waals surface area (Å²) in [6, 6.07) is 0. The number of carbonyl (C=O) groups is 1. The first kappa shape index (κ1) is 13.6. The van der Waals surface area contributed by atoms with Gasteiger partial charge in [-0.15, -0.1) is 0 Å². The predicted molar refractivity (Wildman–Crippen MR) is 74.8 cm³/mol. The van der Waals surface area contributed by atoms with Crippen molar-refractivity contribution < 1.29 is 9.53 Å². The molecule has 1 aromatic heterocycles. The fraction of sp³-hybridized carbons (Fsp3) is 0.714. The van der Waals surface area contributed by atoms with Crippen LogP contribution in [0.1, 0.15) is 34.6 Å². The van der Waals surface area contributed by atoms with E-state index >= 15 is 0 Å². The van der Waals surface area contributed by atoms with Crippen LogP contribution in [-0.2, 0) is 17.6 Å². The zero-order valence-electron chi connectivity index (χ0n) is 11.8. The Hall–Kier alpha value is -1.40. The molecule has 2 heterocycles. The van der Waals surface area contributed by atoms with E-state index in [-0.39, 0.29) is 5.91 Å². The Kier molecular flexibility index (Phi) is 4.32. The second kappa shape index (κ2) is 6.37. The molecule has 0 atom stereocenters. The van der Waals surface area contributed by atoms with Gasteiger partial charge in [-0.2, -0.15) is 5.10 Å². The van der Waals surface area contributed by atoms with Crippen molar-refractivity contribution in [2.24, 2.45) is 0 Å². The van der Waals surface area contributed by atoms with E-state index in [9.17, 15) is 4.79 Å². The van der Waals surface area contributed by atoms with Crippen molar-refractivity contribution in [3.63, 3.8) is 0 Å². The number of aromatic amines is 1. The molecule has 0 aromatic carbocycles. The Morgan fingerprint density at radius 3 is 2.95 bits per heavy atom. The third kappa shape index (κ3) is 3.02. The molecule has 1 fully saturated rings. The van der Waals surface area contributed by atoms with Crippen molar-refractivity contribution in [1.29, 1.82) is 0 Å². The monoisotopic (exact) mass is 278 g/mol. The minimum atomic E-state index is -0.0438. The molecule has 0 bridgehead atoms. The van der Waals surface area contributed by atoms with E-state index < -0.39 is 0 Å². The summed E-state index contributed by atoms with van der Waals surface area (Å²) in [7, 11) is 0. The third-order valence-electron chi connectivity index (χ3n) is 4.09. The molecular formula is C14H22N4O2. The standard InChI is InChI=1S/C14H22N4O2/c19-14(15-5-6-18-7-9-20-10-8-18)13-11-3-1-2-4-12(11)16-17-13/h1-10H2,(H,15,19)(H,16,17). The van der Waals surface area contributed by atoms with Crippen LogP contribution in [0.2, 0.25) is 0 Å². The highest BCUT2D eigenvalue weighted by molar-refractivity contribution is 5.94. The van der Waals surface area contributed by atoms with Gasteiger partial charge in [-0.3, -0.25) is 14.8 Å². The van der Waals surface area contributed by atoms with Crippen molar-refractivity contribution in [3.05, 3.63) is 17.0 Å². The molecule has 0 radical (unpaired) electrons. The lowest BCUT2D eigenvalue weighted by Gasteiger charge is -2.26. The number of morpholine rings is 1. The molecule has 1 saturated heterocycles. The number of hydrogen-bond acceptors (Lipinski definition) is 4. The average molecular weight is 278 g/mol. The van der Waals surface area contributed by atoms with E-state index in [2.05, 4.69) is 20.4 Å². The first-order chi connectivity index (χ1) is 9.84. The number of fused-ring (bicyclic) bond motifs is 1. The quantitative estimate of drug-likeness (QED) is 0.834. The molecular weight excluding hydrogens is 256 g/mol. The summed E-state index contributed by atoms with van der Waals surface area (Å²) in [6.45, 7) is 5.03. The molecule has 2 N–H and O–H groups in total. The number of aryl methyl sites for hydroxylation is 1. The molecule has 3 rings (SSSR count). The molecule has 20 heavy (non-hydrogen) atoms. The molecule has 0 spiro atoms. The van der Waals surface area contributed by atoms with Crippen molar-refractivity contribution >= 4 is 5.91 Å². The van der Waals surface area contributed by atoms with Gasteiger partial charge >= 0.3 is 0 Å². The number of H-pyrrole nitrogens is 1. The molecule has 1 aliphatic heterocycles.